The first-order valence-electron chi connectivity index (χ1n) is 7.75. The molecule has 26 heavy (non-hydrogen) atoms. The summed E-state index contributed by atoms with van der Waals surface area (Å²) >= 11 is 1.51. The topological polar surface area (TPSA) is 82.4 Å². The number of nitrogens with zero attached hydrogens (tertiary/aromatic N) is 2. The van der Waals surface area contributed by atoms with Crippen LogP contribution in [0.5, 0.6) is 11.5 Å². The summed E-state index contributed by atoms with van der Waals surface area (Å²) in [6, 6.07) is 12.0. The van der Waals surface area contributed by atoms with Crippen molar-refractivity contribution in [2.24, 2.45) is 0 Å². The van der Waals surface area contributed by atoms with E-state index >= 15 is 0 Å². The Morgan fingerprint density at radius 1 is 1.12 bits per heavy atom. The molecule has 1 amide bonds. The summed E-state index contributed by atoms with van der Waals surface area (Å²) in [5, 5.41) is 8.92. The Morgan fingerprint density at radius 2 is 1.85 bits per heavy atom. The van der Waals surface area contributed by atoms with Crippen LogP contribution in [0.2, 0.25) is 0 Å². The van der Waals surface area contributed by atoms with Gasteiger partial charge in [-0.15, -0.1) is 11.3 Å². The Labute approximate surface area is 153 Å². The van der Waals surface area contributed by atoms with Gasteiger partial charge in [-0.25, -0.2) is 4.68 Å². The van der Waals surface area contributed by atoms with Crippen LogP contribution in [0.15, 0.2) is 52.6 Å². The molecule has 2 aromatic heterocycles. The summed E-state index contributed by atoms with van der Waals surface area (Å²) < 4.78 is 11.6. The van der Waals surface area contributed by atoms with Crippen molar-refractivity contribution >= 4 is 22.9 Å². The Morgan fingerprint density at radius 3 is 2.46 bits per heavy atom. The number of anilines is 1. The fraction of sp³-hybridized carbons (Fsp3) is 0.167. The van der Waals surface area contributed by atoms with E-state index in [0.29, 0.717) is 22.9 Å². The van der Waals surface area contributed by atoms with Crippen LogP contribution in [0.1, 0.15) is 0 Å². The number of benzene rings is 1. The van der Waals surface area contributed by atoms with Crippen LogP contribution in [0, 0.1) is 0 Å². The van der Waals surface area contributed by atoms with Crippen LogP contribution in [-0.2, 0) is 11.3 Å². The van der Waals surface area contributed by atoms with E-state index in [0.717, 1.165) is 9.56 Å². The Balaban J connectivity index is 1.83. The molecule has 0 saturated heterocycles. The van der Waals surface area contributed by atoms with Crippen molar-refractivity contribution in [1.29, 1.82) is 0 Å². The van der Waals surface area contributed by atoms with Gasteiger partial charge in [-0.3, -0.25) is 9.59 Å². The zero-order chi connectivity index (χ0) is 18.5. The first-order valence-corrected chi connectivity index (χ1v) is 8.63. The standard InChI is InChI=1S/C18H17N3O4S/c1-24-13-5-3-6-14(25-2)18(13)19-16(22)11-21-17(23)9-8-12(20-21)15-7-4-10-26-15/h3-10H,11H2,1-2H3,(H,19,22). The average molecular weight is 371 g/mol. The van der Waals surface area contributed by atoms with Gasteiger partial charge in [-0.05, 0) is 29.6 Å². The van der Waals surface area contributed by atoms with E-state index in [4.69, 9.17) is 9.47 Å². The molecule has 3 aromatic rings. The highest BCUT2D eigenvalue weighted by molar-refractivity contribution is 7.13. The number of para-hydroxylation sites is 1. The van der Waals surface area contributed by atoms with Crippen molar-refractivity contribution in [2.75, 3.05) is 19.5 Å². The highest BCUT2D eigenvalue weighted by atomic mass is 32.1. The van der Waals surface area contributed by atoms with Crippen molar-refractivity contribution in [3.63, 3.8) is 0 Å². The second-order valence-corrected chi connectivity index (χ2v) is 6.23. The molecule has 8 heteroatoms. The molecule has 0 unspecified atom stereocenters. The molecule has 1 aromatic carbocycles. The number of carbonyl (C=O) groups excluding carboxylic acids is 1. The third kappa shape index (κ3) is 3.75. The molecule has 0 aliphatic rings. The highest BCUT2D eigenvalue weighted by Gasteiger charge is 2.14. The summed E-state index contributed by atoms with van der Waals surface area (Å²) in [6.45, 7) is -0.223. The van der Waals surface area contributed by atoms with Crippen LogP contribution in [0.4, 0.5) is 5.69 Å². The number of methoxy groups -OCH3 is 2. The second-order valence-electron chi connectivity index (χ2n) is 5.28. The second kappa shape index (κ2) is 7.83. The van der Waals surface area contributed by atoms with Gasteiger partial charge in [0.1, 0.15) is 29.4 Å². The monoisotopic (exact) mass is 371 g/mol. The maximum atomic E-state index is 12.4. The van der Waals surface area contributed by atoms with Crippen LogP contribution in [-0.4, -0.2) is 29.9 Å². The zero-order valence-electron chi connectivity index (χ0n) is 14.3. The minimum absolute atomic E-state index is 0.223. The molecule has 0 saturated carbocycles. The van der Waals surface area contributed by atoms with Crippen molar-refractivity contribution in [1.82, 2.24) is 9.78 Å². The van der Waals surface area contributed by atoms with Crippen molar-refractivity contribution in [3.05, 3.63) is 58.2 Å². The van der Waals surface area contributed by atoms with E-state index in [-0.39, 0.29) is 12.1 Å². The van der Waals surface area contributed by atoms with Gasteiger partial charge < -0.3 is 14.8 Å². The number of ether oxygens (including phenoxy) is 2. The third-order valence-electron chi connectivity index (χ3n) is 3.63. The molecule has 0 aliphatic heterocycles. The van der Waals surface area contributed by atoms with E-state index < -0.39 is 5.91 Å². The maximum Gasteiger partial charge on any atom is 0.267 e. The van der Waals surface area contributed by atoms with Gasteiger partial charge >= 0.3 is 0 Å². The summed E-state index contributed by atoms with van der Waals surface area (Å²) in [6.07, 6.45) is 0. The van der Waals surface area contributed by atoms with E-state index in [1.165, 1.54) is 31.6 Å². The largest absolute Gasteiger partial charge is 0.494 e. The lowest BCUT2D eigenvalue weighted by atomic mass is 10.2. The summed E-state index contributed by atoms with van der Waals surface area (Å²) in [5.41, 5.74) is 0.694. The van der Waals surface area contributed by atoms with Crippen LogP contribution in [0.3, 0.4) is 0 Å². The molecule has 134 valence electrons. The lowest BCUT2D eigenvalue weighted by Crippen LogP contribution is -2.29. The molecule has 2 heterocycles. The predicted octanol–water partition coefficient (Wildman–Crippen LogP) is 2.63. The van der Waals surface area contributed by atoms with Gasteiger partial charge in [-0.2, -0.15) is 5.10 Å². The zero-order valence-corrected chi connectivity index (χ0v) is 15.1. The number of hydrogen-bond acceptors (Lipinski definition) is 6. The smallest absolute Gasteiger partial charge is 0.267 e. The molecule has 0 fully saturated rings. The molecule has 1 N–H and O–H groups in total. The number of aromatic nitrogens is 2. The predicted molar refractivity (Wildman–Crippen MR) is 100.0 cm³/mol. The fourth-order valence-electron chi connectivity index (χ4n) is 2.41. The maximum absolute atomic E-state index is 12.4. The minimum Gasteiger partial charge on any atom is -0.494 e. The fourth-order valence-corrected chi connectivity index (χ4v) is 3.10. The molecular formula is C18H17N3O4S. The lowest BCUT2D eigenvalue weighted by molar-refractivity contribution is -0.117. The first kappa shape index (κ1) is 17.7. The molecular weight excluding hydrogens is 354 g/mol. The molecule has 0 atom stereocenters. The SMILES string of the molecule is COc1cccc(OC)c1NC(=O)Cn1nc(-c2cccs2)ccc1=O. The van der Waals surface area contributed by atoms with Crippen LogP contribution < -0.4 is 20.3 Å². The van der Waals surface area contributed by atoms with Gasteiger partial charge in [-0.1, -0.05) is 12.1 Å². The van der Waals surface area contributed by atoms with Gasteiger partial charge in [0.15, 0.2) is 0 Å². The Bertz CT molecular complexity index is 945. The van der Waals surface area contributed by atoms with Crippen molar-refractivity contribution < 1.29 is 14.3 Å². The van der Waals surface area contributed by atoms with Crippen LogP contribution >= 0.6 is 11.3 Å². The van der Waals surface area contributed by atoms with Gasteiger partial charge in [0.2, 0.25) is 5.91 Å². The van der Waals surface area contributed by atoms with E-state index in [2.05, 4.69) is 10.4 Å². The van der Waals surface area contributed by atoms with E-state index in [9.17, 15) is 9.59 Å². The number of thiophene rings is 1. The van der Waals surface area contributed by atoms with Crippen molar-refractivity contribution in [2.45, 2.75) is 6.54 Å². The first-order chi connectivity index (χ1) is 12.6. The highest BCUT2D eigenvalue weighted by Crippen LogP contribution is 2.34. The van der Waals surface area contributed by atoms with E-state index in [1.54, 1.807) is 24.3 Å². The number of nitrogens with one attached hydrogen (secondary N) is 1. The molecule has 3 rings (SSSR count). The molecule has 7 nitrogen and oxygen atoms in total. The molecule has 0 aliphatic carbocycles. The average Bonchev–Trinajstić information content (AvgIpc) is 3.18. The third-order valence-corrected chi connectivity index (χ3v) is 4.52. The number of hydrogen-bond donors (Lipinski definition) is 1. The molecule has 0 radical (unpaired) electrons. The normalized spacial score (nSPS) is 10.4. The Kier molecular flexibility index (Phi) is 5.33. The van der Waals surface area contributed by atoms with Gasteiger partial charge in [0, 0.05) is 6.07 Å². The quantitative estimate of drug-likeness (QED) is 0.720. The van der Waals surface area contributed by atoms with Crippen LogP contribution in [0.25, 0.3) is 10.6 Å². The molecule has 0 spiro atoms. The van der Waals surface area contributed by atoms with Crippen molar-refractivity contribution in [3.8, 4) is 22.1 Å². The number of amides is 1. The summed E-state index contributed by atoms with van der Waals surface area (Å²) in [7, 11) is 3.00. The number of carbonyl (C=O) groups is 1. The van der Waals surface area contributed by atoms with E-state index in [1.807, 2.05) is 17.5 Å². The minimum atomic E-state index is -0.411. The summed E-state index contributed by atoms with van der Waals surface area (Å²) in [4.78, 5) is 25.4. The van der Waals surface area contributed by atoms with Gasteiger partial charge in [0.25, 0.3) is 5.56 Å². The summed E-state index contributed by atoms with van der Waals surface area (Å²) in [5.74, 6) is 0.515. The number of rotatable bonds is 6. The van der Waals surface area contributed by atoms with Gasteiger partial charge in [0.05, 0.1) is 19.1 Å². The Hall–Kier alpha value is -3.13. The molecule has 0 bridgehead atoms. The lowest BCUT2D eigenvalue weighted by Gasteiger charge is -2.14.